The number of hydrogen-bond donors (Lipinski definition) is 1. The van der Waals surface area contributed by atoms with Crippen molar-refractivity contribution in [3.63, 3.8) is 0 Å². The molecule has 1 atom stereocenters. The van der Waals surface area contributed by atoms with Crippen LogP contribution in [0.1, 0.15) is 30.5 Å². The number of hydrogen-bond acceptors (Lipinski definition) is 2. The summed E-state index contributed by atoms with van der Waals surface area (Å²) in [6.07, 6.45) is 1.06. The van der Waals surface area contributed by atoms with Gasteiger partial charge in [-0.15, -0.1) is 11.3 Å². The predicted molar refractivity (Wildman–Crippen MR) is 96.3 cm³/mol. The number of thiophene rings is 1. The molecule has 0 bridgehead atoms. The Labute approximate surface area is 149 Å². The Balaban J connectivity index is 2.43. The third-order valence-electron chi connectivity index (χ3n) is 2.81. The molecular weight excluding hydrogens is 445 g/mol. The Morgan fingerprint density at radius 2 is 1.80 bits per heavy atom. The van der Waals surface area contributed by atoms with Gasteiger partial charge in [0, 0.05) is 10.0 Å². The lowest BCUT2D eigenvalue weighted by Crippen LogP contribution is -2.23. The molecule has 1 heterocycles. The fraction of sp³-hybridized carbons (Fsp3) is 0.286. The van der Waals surface area contributed by atoms with Crippen LogP contribution in [-0.2, 0) is 0 Å². The van der Waals surface area contributed by atoms with Gasteiger partial charge in [0.15, 0.2) is 0 Å². The second kappa shape index (κ2) is 7.61. The first kappa shape index (κ1) is 16.8. The molecule has 108 valence electrons. The fourth-order valence-electron chi connectivity index (χ4n) is 1.99. The summed E-state index contributed by atoms with van der Waals surface area (Å²) in [6.45, 7) is 3.07. The average molecular weight is 458 g/mol. The molecule has 1 aromatic carbocycles. The number of halogens is 4. The molecule has 0 spiro atoms. The minimum atomic E-state index is 0.0723. The largest absolute Gasteiger partial charge is 0.306 e. The molecule has 1 aromatic heterocycles. The van der Waals surface area contributed by atoms with Crippen LogP contribution >= 0.6 is 66.4 Å². The Morgan fingerprint density at radius 3 is 2.30 bits per heavy atom. The van der Waals surface area contributed by atoms with E-state index in [1.54, 1.807) is 17.4 Å². The molecular formula is C14H13Br2Cl2NS. The molecule has 2 aromatic rings. The molecule has 6 heteroatoms. The fourth-order valence-corrected chi connectivity index (χ4v) is 5.43. The average Bonchev–Trinajstić information content (AvgIpc) is 2.68. The SMILES string of the molecule is CCCNC(c1cc(Cl)cc(Cl)c1)c1cc(Br)sc1Br. The van der Waals surface area contributed by atoms with Crippen LogP contribution in [0.5, 0.6) is 0 Å². The summed E-state index contributed by atoms with van der Waals surface area (Å²) in [5.74, 6) is 0. The topological polar surface area (TPSA) is 12.0 Å². The van der Waals surface area contributed by atoms with Crippen LogP contribution in [0, 0.1) is 0 Å². The number of nitrogens with one attached hydrogen (secondary N) is 1. The van der Waals surface area contributed by atoms with E-state index in [-0.39, 0.29) is 6.04 Å². The van der Waals surface area contributed by atoms with E-state index in [2.05, 4.69) is 50.2 Å². The lowest BCUT2D eigenvalue weighted by Gasteiger charge is -2.19. The number of benzene rings is 1. The summed E-state index contributed by atoms with van der Waals surface area (Å²) in [5, 5.41) is 4.86. The van der Waals surface area contributed by atoms with Gasteiger partial charge in [-0.25, -0.2) is 0 Å². The van der Waals surface area contributed by atoms with Gasteiger partial charge in [-0.2, -0.15) is 0 Å². The van der Waals surface area contributed by atoms with E-state index in [0.29, 0.717) is 10.0 Å². The molecule has 0 aliphatic carbocycles. The van der Waals surface area contributed by atoms with Crippen LogP contribution in [0.25, 0.3) is 0 Å². The molecule has 1 nitrogen and oxygen atoms in total. The molecule has 0 amide bonds. The predicted octanol–water partition coefficient (Wildman–Crippen LogP) is 6.67. The monoisotopic (exact) mass is 455 g/mol. The van der Waals surface area contributed by atoms with Crippen molar-refractivity contribution in [3.8, 4) is 0 Å². The molecule has 0 fully saturated rings. The quantitative estimate of drug-likeness (QED) is 0.528. The van der Waals surface area contributed by atoms with E-state index in [1.165, 1.54) is 5.56 Å². The van der Waals surface area contributed by atoms with Crippen molar-refractivity contribution >= 4 is 66.4 Å². The second-order valence-electron chi connectivity index (χ2n) is 4.37. The van der Waals surface area contributed by atoms with Crippen molar-refractivity contribution in [3.05, 3.63) is 53.0 Å². The summed E-state index contributed by atoms with van der Waals surface area (Å²) < 4.78 is 2.20. The summed E-state index contributed by atoms with van der Waals surface area (Å²) in [5.41, 5.74) is 2.26. The lowest BCUT2D eigenvalue weighted by atomic mass is 10.0. The smallest absolute Gasteiger partial charge is 0.0761 e. The van der Waals surface area contributed by atoms with Gasteiger partial charge in [-0.3, -0.25) is 0 Å². The van der Waals surface area contributed by atoms with Crippen LogP contribution in [0.2, 0.25) is 10.0 Å². The lowest BCUT2D eigenvalue weighted by molar-refractivity contribution is 0.598. The maximum absolute atomic E-state index is 6.13. The van der Waals surface area contributed by atoms with Crippen LogP contribution in [0.15, 0.2) is 31.8 Å². The molecule has 0 aliphatic rings. The normalized spacial score (nSPS) is 12.7. The second-order valence-corrected chi connectivity index (χ2v) is 8.99. The highest BCUT2D eigenvalue weighted by atomic mass is 79.9. The highest BCUT2D eigenvalue weighted by Gasteiger charge is 2.19. The maximum Gasteiger partial charge on any atom is 0.0761 e. The van der Waals surface area contributed by atoms with Crippen LogP contribution in [0.4, 0.5) is 0 Å². The van der Waals surface area contributed by atoms with Gasteiger partial charge in [0.2, 0.25) is 0 Å². The van der Waals surface area contributed by atoms with Crippen LogP contribution in [0.3, 0.4) is 0 Å². The van der Waals surface area contributed by atoms with Crippen molar-refractivity contribution in [2.75, 3.05) is 6.54 Å². The summed E-state index contributed by atoms with van der Waals surface area (Å²) in [6, 6.07) is 7.86. The molecule has 2 rings (SSSR count). The van der Waals surface area contributed by atoms with Crippen molar-refractivity contribution < 1.29 is 0 Å². The molecule has 0 radical (unpaired) electrons. The first-order valence-corrected chi connectivity index (χ1v) is 9.31. The van der Waals surface area contributed by atoms with Gasteiger partial charge in [-0.1, -0.05) is 30.1 Å². The Bertz CT molecular complexity index is 581. The number of rotatable bonds is 5. The van der Waals surface area contributed by atoms with Crippen molar-refractivity contribution in [2.45, 2.75) is 19.4 Å². The summed E-state index contributed by atoms with van der Waals surface area (Å²) >= 11 is 21.1. The Kier molecular flexibility index (Phi) is 6.39. The van der Waals surface area contributed by atoms with E-state index < -0.39 is 0 Å². The molecule has 0 saturated heterocycles. The van der Waals surface area contributed by atoms with E-state index in [4.69, 9.17) is 23.2 Å². The molecule has 1 N–H and O–H groups in total. The van der Waals surface area contributed by atoms with Crippen molar-refractivity contribution in [1.29, 1.82) is 0 Å². The standard InChI is InChI=1S/C14H13Br2Cl2NS/c1-2-3-19-13(11-7-12(15)20-14(11)16)8-4-9(17)6-10(18)5-8/h4-7,13,19H,2-3H2,1H3. The maximum atomic E-state index is 6.13. The minimum Gasteiger partial charge on any atom is -0.306 e. The highest BCUT2D eigenvalue weighted by Crippen LogP contribution is 2.38. The molecule has 1 unspecified atom stereocenters. The minimum absolute atomic E-state index is 0.0723. The van der Waals surface area contributed by atoms with Gasteiger partial charge < -0.3 is 5.32 Å². The summed E-state index contributed by atoms with van der Waals surface area (Å²) in [4.78, 5) is 0. The molecule has 20 heavy (non-hydrogen) atoms. The zero-order chi connectivity index (χ0) is 14.7. The van der Waals surface area contributed by atoms with Gasteiger partial charge >= 0.3 is 0 Å². The first-order valence-electron chi connectivity index (χ1n) is 6.15. The summed E-state index contributed by atoms with van der Waals surface area (Å²) in [7, 11) is 0. The Morgan fingerprint density at radius 1 is 1.15 bits per heavy atom. The van der Waals surface area contributed by atoms with Crippen molar-refractivity contribution in [1.82, 2.24) is 5.32 Å². The molecule has 0 aliphatic heterocycles. The van der Waals surface area contributed by atoms with Crippen molar-refractivity contribution in [2.24, 2.45) is 0 Å². The van der Waals surface area contributed by atoms with E-state index in [0.717, 1.165) is 26.1 Å². The van der Waals surface area contributed by atoms with Gasteiger partial charge in [0.05, 0.1) is 13.6 Å². The van der Waals surface area contributed by atoms with Crippen LogP contribution in [-0.4, -0.2) is 6.54 Å². The third kappa shape index (κ3) is 4.21. The first-order chi connectivity index (χ1) is 9.51. The van der Waals surface area contributed by atoms with Gasteiger partial charge in [-0.05, 0) is 80.2 Å². The van der Waals surface area contributed by atoms with Gasteiger partial charge in [0.1, 0.15) is 0 Å². The van der Waals surface area contributed by atoms with E-state index >= 15 is 0 Å². The highest BCUT2D eigenvalue weighted by molar-refractivity contribution is 9.12. The van der Waals surface area contributed by atoms with E-state index in [9.17, 15) is 0 Å². The molecule has 0 saturated carbocycles. The zero-order valence-corrected chi connectivity index (χ0v) is 16.2. The third-order valence-corrected chi connectivity index (χ3v) is 5.63. The van der Waals surface area contributed by atoms with Gasteiger partial charge in [0.25, 0.3) is 0 Å². The Hall–Kier alpha value is 0.420. The van der Waals surface area contributed by atoms with Crippen LogP contribution < -0.4 is 5.32 Å². The zero-order valence-electron chi connectivity index (χ0n) is 10.7. The van der Waals surface area contributed by atoms with E-state index in [1.807, 2.05) is 12.1 Å².